The third-order valence-corrected chi connectivity index (χ3v) is 4.54. The fourth-order valence-corrected chi connectivity index (χ4v) is 3.21. The van der Waals surface area contributed by atoms with E-state index in [2.05, 4.69) is 6.92 Å². The van der Waals surface area contributed by atoms with Crippen LogP contribution in [-0.2, 0) is 0 Å². The smallest absolute Gasteiger partial charge is 0.423 e. The molecule has 1 fully saturated rings. The molecule has 2 N–H and O–H groups in total. The first-order valence-electron chi connectivity index (χ1n) is 7.72. The Hall–Kier alpha value is -0.865. The second kappa shape index (κ2) is 7.23. The quantitative estimate of drug-likeness (QED) is 0.813. The summed E-state index contributed by atoms with van der Waals surface area (Å²) in [5, 5.41) is 18.2. The van der Waals surface area contributed by atoms with E-state index in [9.17, 15) is 4.39 Å². The average molecular weight is 278 g/mol. The van der Waals surface area contributed by atoms with Crippen molar-refractivity contribution in [3.05, 3.63) is 29.8 Å². The maximum absolute atomic E-state index is 14.2. The van der Waals surface area contributed by atoms with Crippen molar-refractivity contribution in [2.24, 2.45) is 5.92 Å². The van der Waals surface area contributed by atoms with Crippen molar-refractivity contribution in [1.29, 1.82) is 0 Å². The van der Waals surface area contributed by atoms with E-state index >= 15 is 0 Å². The van der Waals surface area contributed by atoms with Gasteiger partial charge in [-0.25, -0.2) is 4.39 Å². The van der Waals surface area contributed by atoms with Crippen LogP contribution >= 0.6 is 0 Å². The van der Waals surface area contributed by atoms with Crippen LogP contribution in [0.5, 0.6) is 0 Å². The summed E-state index contributed by atoms with van der Waals surface area (Å²) >= 11 is 0. The molecule has 0 spiro atoms. The Morgan fingerprint density at radius 2 is 1.90 bits per heavy atom. The first kappa shape index (κ1) is 15.5. The predicted octanol–water partition coefficient (Wildman–Crippen LogP) is 2.78. The van der Waals surface area contributed by atoms with Gasteiger partial charge in [-0.2, -0.15) is 0 Å². The minimum absolute atomic E-state index is 0.240. The molecule has 1 aromatic rings. The number of unbranched alkanes of at least 4 members (excludes halogenated alkanes) is 1. The number of hydrogen-bond acceptors (Lipinski definition) is 2. The van der Waals surface area contributed by atoms with Crippen LogP contribution in [0, 0.1) is 5.92 Å². The molecule has 0 saturated heterocycles. The van der Waals surface area contributed by atoms with Gasteiger partial charge < -0.3 is 10.0 Å². The summed E-state index contributed by atoms with van der Waals surface area (Å²) < 4.78 is 14.2. The van der Waals surface area contributed by atoms with Crippen LogP contribution in [-0.4, -0.2) is 23.3 Å². The van der Waals surface area contributed by atoms with E-state index < -0.39 is 13.3 Å². The van der Waals surface area contributed by atoms with Gasteiger partial charge in [-0.3, -0.25) is 0 Å². The second-order valence-electron chi connectivity index (χ2n) is 5.97. The molecular formula is C16H24BFO2. The zero-order valence-electron chi connectivity index (χ0n) is 12.1. The Labute approximate surface area is 121 Å². The van der Waals surface area contributed by atoms with Crippen LogP contribution in [0.3, 0.4) is 0 Å². The molecule has 0 amide bonds. The van der Waals surface area contributed by atoms with E-state index in [0.717, 1.165) is 37.7 Å². The van der Waals surface area contributed by atoms with E-state index in [0.29, 0.717) is 11.9 Å². The Morgan fingerprint density at radius 3 is 2.45 bits per heavy atom. The van der Waals surface area contributed by atoms with Crippen LogP contribution in [0.25, 0.3) is 0 Å². The van der Waals surface area contributed by atoms with Gasteiger partial charge in [0.2, 0.25) is 0 Å². The maximum Gasteiger partial charge on any atom is 0.488 e. The standard InChI is InChI=1S/C16H24BFO2/c1-2-3-4-13-5-6-14(11-16(13)18)12-7-9-15(10-8-12)17(19)20/h7-10,13-14,16,19-20H,2-6,11H2,1H3/t13-,14?,16-/m1/s1. The zero-order chi connectivity index (χ0) is 14.5. The first-order valence-corrected chi connectivity index (χ1v) is 7.72. The molecule has 1 aliphatic rings. The molecule has 2 rings (SSSR count). The SMILES string of the molecule is CCCC[C@@H]1CCC(c2ccc(B(O)O)cc2)C[C@H]1F. The minimum Gasteiger partial charge on any atom is -0.423 e. The van der Waals surface area contributed by atoms with E-state index in [1.54, 1.807) is 12.1 Å². The van der Waals surface area contributed by atoms with Crippen molar-refractivity contribution in [3.63, 3.8) is 0 Å². The molecule has 20 heavy (non-hydrogen) atoms. The molecule has 3 atom stereocenters. The lowest BCUT2D eigenvalue weighted by Crippen LogP contribution is -2.30. The molecule has 0 aromatic heterocycles. The molecule has 110 valence electrons. The Morgan fingerprint density at radius 1 is 1.20 bits per heavy atom. The van der Waals surface area contributed by atoms with Gasteiger partial charge >= 0.3 is 7.12 Å². The van der Waals surface area contributed by atoms with E-state index in [1.165, 1.54) is 0 Å². The highest BCUT2D eigenvalue weighted by atomic mass is 19.1. The lowest BCUT2D eigenvalue weighted by atomic mass is 9.74. The highest BCUT2D eigenvalue weighted by Gasteiger charge is 2.30. The maximum atomic E-state index is 14.2. The lowest BCUT2D eigenvalue weighted by molar-refractivity contribution is 0.141. The first-order chi connectivity index (χ1) is 9.61. The number of hydrogen-bond donors (Lipinski definition) is 2. The fraction of sp³-hybridized carbons (Fsp3) is 0.625. The third kappa shape index (κ3) is 3.83. The lowest BCUT2D eigenvalue weighted by Gasteiger charge is -2.32. The monoisotopic (exact) mass is 278 g/mol. The van der Waals surface area contributed by atoms with Gasteiger partial charge in [-0.05, 0) is 48.5 Å². The third-order valence-electron chi connectivity index (χ3n) is 4.54. The van der Waals surface area contributed by atoms with Crippen molar-refractivity contribution in [1.82, 2.24) is 0 Å². The summed E-state index contributed by atoms with van der Waals surface area (Å²) in [7, 11) is -1.43. The molecular weight excluding hydrogens is 254 g/mol. The molecule has 1 saturated carbocycles. The molecule has 2 nitrogen and oxygen atoms in total. The summed E-state index contributed by atoms with van der Waals surface area (Å²) in [5.74, 6) is 0.512. The summed E-state index contributed by atoms with van der Waals surface area (Å²) in [5.41, 5.74) is 1.60. The van der Waals surface area contributed by atoms with Gasteiger partial charge in [-0.1, -0.05) is 44.0 Å². The van der Waals surface area contributed by atoms with Crippen molar-refractivity contribution in [3.8, 4) is 0 Å². The zero-order valence-corrected chi connectivity index (χ0v) is 12.1. The number of halogens is 1. The molecule has 1 aromatic carbocycles. The molecule has 1 aliphatic carbocycles. The van der Waals surface area contributed by atoms with E-state index in [-0.39, 0.29) is 11.8 Å². The van der Waals surface area contributed by atoms with Gasteiger partial charge in [0.05, 0.1) is 0 Å². The van der Waals surface area contributed by atoms with Crippen molar-refractivity contribution in [2.45, 2.75) is 57.5 Å². The topological polar surface area (TPSA) is 40.5 Å². The van der Waals surface area contributed by atoms with Crippen LogP contribution in [0.1, 0.15) is 56.9 Å². The highest BCUT2D eigenvalue weighted by Crippen LogP contribution is 2.39. The molecule has 1 unspecified atom stereocenters. The number of alkyl halides is 1. The molecule has 4 heteroatoms. The van der Waals surface area contributed by atoms with Gasteiger partial charge in [-0.15, -0.1) is 0 Å². The van der Waals surface area contributed by atoms with Crippen LogP contribution in [0.2, 0.25) is 0 Å². The van der Waals surface area contributed by atoms with Crippen molar-refractivity contribution < 1.29 is 14.4 Å². The largest absolute Gasteiger partial charge is 0.488 e. The molecule has 0 bridgehead atoms. The number of rotatable bonds is 5. The highest BCUT2D eigenvalue weighted by molar-refractivity contribution is 6.58. The number of benzene rings is 1. The van der Waals surface area contributed by atoms with Crippen LogP contribution in [0.4, 0.5) is 4.39 Å². The normalized spacial score (nSPS) is 26.5. The predicted molar refractivity (Wildman–Crippen MR) is 80.8 cm³/mol. The Bertz CT molecular complexity index is 407. The summed E-state index contributed by atoms with van der Waals surface area (Å²) in [6.07, 6.45) is 5.20. The summed E-state index contributed by atoms with van der Waals surface area (Å²) in [6.45, 7) is 2.15. The molecule has 0 radical (unpaired) electrons. The Balaban J connectivity index is 1.94. The second-order valence-corrected chi connectivity index (χ2v) is 5.97. The Kier molecular flexibility index (Phi) is 5.61. The summed E-state index contributed by atoms with van der Waals surface area (Å²) in [4.78, 5) is 0. The van der Waals surface area contributed by atoms with Crippen molar-refractivity contribution >= 4 is 12.6 Å². The summed E-state index contributed by atoms with van der Waals surface area (Å²) in [6, 6.07) is 7.24. The van der Waals surface area contributed by atoms with Gasteiger partial charge in [0, 0.05) is 0 Å². The molecule has 0 aliphatic heterocycles. The van der Waals surface area contributed by atoms with Crippen molar-refractivity contribution in [2.75, 3.05) is 0 Å². The minimum atomic E-state index is -1.43. The van der Waals surface area contributed by atoms with Crippen LogP contribution < -0.4 is 5.46 Å². The van der Waals surface area contributed by atoms with Crippen LogP contribution in [0.15, 0.2) is 24.3 Å². The average Bonchev–Trinajstić information content (AvgIpc) is 2.46. The van der Waals surface area contributed by atoms with Gasteiger partial charge in [0.1, 0.15) is 6.17 Å². The molecule has 0 heterocycles. The van der Waals surface area contributed by atoms with Gasteiger partial charge in [0.15, 0.2) is 0 Å². The van der Waals surface area contributed by atoms with E-state index in [1.807, 2.05) is 12.1 Å². The van der Waals surface area contributed by atoms with Gasteiger partial charge in [0.25, 0.3) is 0 Å². The fourth-order valence-electron chi connectivity index (χ4n) is 3.21. The van der Waals surface area contributed by atoms with E-state index in [4.69, 9.17) is 10.0 Å².